The molecule has 0 amide bonds. The first-order chi connectivity index (χ1) is 5.52. The molecule has 0 spiro atoms. The fourth-order valence-electron chi connectivity index (χ4n) is 0.853. The smallest absolute Gasteiger partial charge is 0.321 e. The summed E-state index contributed by atoms with van der Waals surface area (Å²) in [6.45, 7) is 4.72. The molecule has 0 fully saturated rings. The van der Waals surface area contributed by atoms with Crippen molar-refractivity contribution < 1.29 is 0 Å². The normalized spacial score (nSPS) is 11.9. The van der Waals surface area contributed by atoms with Crippen LogP contribution in [0.2, 0.25) is 0 Å². The van der Waals surface area contributed by atoms with Gasteiger partial charge in [-0.3, -0.25) is 0 Å². The third-order valence-corrected chi connectivity index (χ3v) is 2.31. The van der Waals surface area contributed by atoms with Gasteiger partial charge in [0.25, 0.3) is 0 Å². The molecule has 3 nitrogen and oxygen atoms in total. The van der Waals surface area contributed by atoms with Crippen LogP contribution in [0, 0.1) is 0 Å². The van der Waals surface area contributed by atoms with Crippen LogP contribution in [0.15, 0.2) is 0 Å². The summed E-state index contributed by atoms with van der Waals surface area (Å²) in [4.78, 5) is 4.61. The van der Waals surface area contributed by atoms with Crippen molar-refractivity contribution in [3.8, 4) is 0 Å². The van der Waals surface area contributed by atoms with Crippen LogP contribution >= 0.6 is 0 Å². The molecule has 4 heteroatoms. The van der Waals surface area contributed by atoms with Crippen LogP contribution in [-0.4, -0.2) is 84.6 Å². The topological polar surface area (TPSA) is 9.72 Å². The van der Waals surface area contributed by atoms with Gasteiger partial charge in [0.05, 0.1) is 0 Å². The van der Waals surface area contributed by atoms with Crippen LogP contribution in [0.25, 0.3) is 0 Å². The average molecular weight is 187 g/mol. The van der Waals surface area contributed by atoms with Gasteiger partial charge in [0.1, 0.15) is 0 Å². The van der Waals surface area contributed by atoms with Gasteiger partial charge in [-0.05, 0) is 34.7 Å². The second-order valence-electron chi connectivity index (χ2n) is 3.91. The highest BCUT2D eigenvalue weighted by atomic mass is 27.1. The largest absolute Gasteiger partial charge is 0.392 e. The van der Waals surface area contributed by atoms with Crippen molar-refractivity contribution in [1.29, 1.82) is 0 Å². The lowest BCUT2D eigenvalue weighted by Gasteiger charge is -2.21. The molecule has 0 heterocycles. The first-order valence-electron chi connectivity index (χ1n) is 4.50. The maximum Gasteiger partial charge on any atom is 0.321 e. The Labute approximate surface area is 85.0 Å². The van der Waals surface area contributed by atoms with Gasteiger partial charge in [0.15, 0.2) is 0 Å². The second-order valence-corrected chi connectivity index (χ2v) is 5.44. The monoisotopic (exact) mass is 187 g/mol. The molecule has 0 aromatic heterocycles. The number of hydrogen-bond acceptors (Lipinski definition) is 3. The molecule has 72 valence electrons. The molecule has 0 unspecified atom stereocenters. The Bertz CT molecular complexity index is 94.5. The number of nitrogens with zero attached hydrogens (tertiary/aromatic N) is 3. The Morgan fingerprint density at radius 1 is 0.833 bits per heavy atom. The van der Waals surface area contributed by atoms with Crippen molar-refractivity contribution in [1.82, 2.24) is 13.7 Å². The van der Waals surface area contributed by atoms with E-state index in [1.54, 1.807) is 0 Å². The predicted octanol–water partition coefficient (Wildman–Crippen LogP) is -1.04. The zero-order chi connectivity index (χ0) is 9.56. The van der Waals surface area contributed by atoms with Crippen LogP contribution < -0.4 is 0 Å². The van der Waals surface area contributed by atoms with Crippen LogP contribution in [-0.2, 0) is 0 Å². The summed E-state index contributed by atoms with van der Waals surface area (Å²) < 4.78 is 2.35. The molecule has 0 rings (SSSR count). The van der Waals surface area contributed by atoms with Gasteiger partial charge < -0.3 is 13.7 Å². The fourth-order valence-corrected chi connectivity index (χ4v) is 1.05. The van der Waals surface area contributed by atoms with E-state index in [-0.39, 0.29) is 0 Å². The van der Waals surface area contributed by atoms with Gasteiger partial charge in [-0.2, -0.15) is 0 Å². The van der Waals surface area contributed by atoms with Crippen LogP contribution in [0.1, 0.15) is 0 Å². The van der Waals surface area contributed by atoms with E-state index >= 15 is 0 Å². The zero-order valence-electron chi connectivity index (χ0n) is 9.17. The SMILES string of the molecule is CN(C)CCN(C)CC[N](C)[AlH2]. The van der Waals surface area contributed by atoms with E-state index in [4.69, 9.17) is 0 Å². The van der Waals surface area contributed by atoms with E-state index in [0.717, 1.165) is 6.54 Å². The lowest BCUT2D eigenvalue weighted by molar-refractivity contribution is 0.270. The first kappa shape index (κ1) is 12.4. The molecule has 0 aliphatic carbocycles. The molecule has 0 N–H and O–H groups in total. The summed E-state index contributed by atoms with van der Waals surface area (Å²) in [5.74, 6) is 0. The molecule has 0 saturated carbocycles. The van der Waals surface area contributed by atoms with Crippen LogP contribution in [0.3, 0.4) is 0 Å². The van der Waals surface area contributed by atoms with Gasteiger partial charge in [-0.25, -0.2) is 0 Å². The van der Waals surface area contributed by atoms with E-state index in [2.05, 4.69) is 41.9 Å². The maximum absolute atomic E-state index is 2.38. The highest BCUT2D eigenvalue weighted by Gasteiger charge is 1.98. The van der Waals surface area contributed by atoms with E-state index in [1.165, 1.54) is 36.1 Å². The van der Waals surface area contributed by atoms with Crippen molar-refractivity contribution in [2.24, 2.45) is 0 Å². The summed E-state index contributed by atoms with van der Waals surface area (Å²) in [5.41, 5.74) is 0. The van der Waals surface area contributed by atoms with Crippen LogP contribution in [0.5, 0.6) is 0 Å². The molecule has 0 aliphatic heterocycles. The lowest BCUT2D eigenvalue weighted by atomic mass is 10.5. The molecule has 0 saturated heterocycles. The third kappa shape index (κ3) is 8.51. The third-order valence-electron chi connectivity index (χ3n) is 1.86. The van der Waals surface area contributed by atoms with Gasteiger partial charge in [-0.15, -0.1) is 0 Å². The lowest BCUT2D eigenvalue weighted by Crippen LogP contribution is -2.34. The summed E-state index contributed by atoms with van der Waals surface area (Å²) in [5, 5.41) is 0. The summed E-state index contributed by atoms with van der Waals surface area (Å²) in [6.07, 6.45) is 0. The summed E-state index contributed by atoms with van der Waals surface area (Å²) in [7, 11) is 8.60. The van der Waals surface area contributed by atoms with Crippen molar-refractivity contribution in [3.63, 3.8) is 0 Å². The number of likely N-dealkylation sites (N-methyl/N-ethyl adjacent to an activating group) is 3. The Hall–Kier alpha value is 0.412. The molecular weight excluding hydrogens is 165 g/mol. The first-order valence-corrected chi connectivity index (χ1v) is 5.40. The van der Waals surface area contributed by atoms with Crippen molar-refractivity contribution in [2.45, 2.75) is 0 Å². The average Bonchev–Trinajstić information content (AvgIpc) is 1.96. The number of hydrogen-bond donors (Lipinski definition) is 0. The number of rotatable bonds is 6. The van der Waals surface area contributed by atoms with E-state index < -0.39 is 0 Å². The Morgan fingerprint density at radius 3 is 1.75 bits per heavy atom. The van der Waals surface area contributed by atoms with Crippen LogP contribution in [0.4, 0.5) is 0 Å². The highest BCUT2D eigenvalue weighted by molar-refractivity contribution is 6.04. The minimum absolute atomic E-state index is 1.15. The van der Waals surface area contributed by atoms with E-state index in [9.17, 15) is 0 Å². The fraction of sp³-hybridized carbons (Fsp3) is 1.00. The Morgan fingerprint density at radius 2 is 1.33 bits per heavy atom. The van der Waals surface area contributed by atoms with E-state index in [1.807, 2.05) is 0 Å². The molecule has 0 atom stereocenters. The minimum Gasteiger partial charge on any atom is -0.392 e. The summed E-state index contributed by atoms with van der Waals surface area (Å²) >= 11 is 1.17. The molecule has 0 radical (unpaired) electrons. The maximum atomic E-state index is 2.38. The van der Waals surface area contributed by atoms with Crippen molar-refractivity contribution in [3.05, 3.63) is 0 Å². The van der Waals surface area contributed by atoms with Gasteiger partial charge in [0.2, 0.25) is 0 Å². The molecule has 0 aromatic carbocycles. The zero-order valence-corrected chi connectivity index (χ0v) is 11.2. The summed E-state index contributed by atoms with van der Waals surface area (Å²) in [6, 6.07) is 0. The Kier molecular flexibility index (Phi) is 7.11. The van der Waals surface area contributed by atoms with Gasteiger partial charge in [-0.1, -0.05) is 0 Å². The minimum atomic E-state index is 1.15. The molecular formula is C8H22AlN3. The molecule has 12 heavy (non-hydrogen) atoms. The Balaban J connectivity index is 3.27. The second kappa shape index (κ2) is 6.88. The van der Waals surface area contributed by atoms with Gasteiger partial charge in [0, 0.05) is 19.6 Å². The van der Waals surface area contributed by atoms with Gasteiger partial charge >= 0.3 is 16.5 Å². The molecule has 0 aromatic rings. The molecule has 0 bridgehead atoms. The van der Waals surface area contributed by atoms with E-state index in [0.29, 0.717) is 0 Å². The quantitative estimate of drug-likeness (QED) is 0.492. The molecule has 0 aliphatic rings. The predicted molar refractivity (Wildman–Crippen MR) is 57.2 cm³/mol. The standard InChI is InChI=1S/C8H20N3.Al.2H/c1-9-5-6-11(4)8-7-10(2)3;;;/h5-8H2,1-4H3;;;/q-1;+1;;. The van der Waals surface area contributed by atoms with Crippen molar-refractivity contribution in [2.75, 3.05) is 54.4 Å². The highest BCUT2D eigenvalue weighted by Crippen LogP contribution is 1.84. The van der Waals surface area contributed by atoms with Crippen molar-refractivity contribution >= 4 is 16.5 Å².